The molecule has 0 radical (unpaired) electrons. The second-order valence-electron chi connectivity index (χ2n) is 18.6. The number of anilines is 3. The fourth-order valence-corrected chi connectivity index (χ4v) is 11.2. The highest BCUT2D eigenvalue weighted by atomic mass is 32.1. The van der Waals surface area contributed by atoms with Crippen LogP contribution >= 0.6 is 34.0 Å². The second kappa shape index (κ2) is 24.7. The number of aromatic nitrogens is 7. The van der Waals surface area contributed by atoms with Crippen molar-refractivity contribution < 1.29 is 9.53 Å². The molecule has 386 valence electrons. The van der Waals surface area contributed by atoms with E-state index in [0.29, 0.717) is 66.5 Å². The van der Waals surface area contributed by atoms with E-state index in [1.807, 2.05) is 117 Å². The Morgan fingerprint density at radius 3 is 1.84 bits per heavy atom. The van der Waals surface area contributed by atoms with Crippen LogP contribution in [0.3, 0.4) is 0 Å². The Bertz CT molecular complexity index is 3600. The lowest BCUT2D eigenvalue weighted by Crippen LogP contribution is -2.48. The highest BCUT2D eigenvalue weighted by Crippen LogP contribution is 2.34. The summed E-state index contributed by atoms with van der Waals surface area (Å²) in [4.78, 5) is 51.8. The molecule has 1 aliphatic heterocycles. The quantitative estimate of drug-likeness (QED) is 0.0375. The minimum absolute atomic E-state index is 0.189. The number of para-hydroxylation sites is 3. The van der Waals surface area contributed by atoms with Crippen molar-refractivity contribution in [1.82, 2.24) is 40.2 Å². The van der Waals surface area contributed by atoms with Gasteiger partial charge < -0.3 is 26.4 Å². The fraction of sp³-hybridized carbons (Fsp3) is 0.250. The first kappa shape index (κ1) is 53.1. The molecule has 10 rings (SSSR count). The number of esters is 1. The van der Waals surface area contributed by atoms with Crippen molar-refractivity contribution in [3.63, 3.8) is 0 Å². The third-order valence-electron chi connectivity index (χ3n) is 12.1. The lowest BCUT2D eigenvalue weighted by atomic mass is 9.87. The predicted molar refractivity (Wildman–Crippen MR) is 304 cm³/mol. The molecule has 0 spiro atoms. The number of aliphatic imine (C=N–C) groups is 1. The van der Waals surface area contributed by atoms with Crippen molar-refractivity contribution >= 4 is 93.6 Å². The molecule has 9 aromatic rings. The van der Waals surface area contributed by atoms with Gasteiger partial charge in [-0.2, -0.15) is 15.8 Å². The molecule has 18 nitrogen and oxygen atoms in total. The summed E-state index contributed by atoms with van der Waals surface area (Å²) in [6, 6.07) is 40.3. The van der Waals surface area contributed by atoms with Crippen LogP contribution in [0.1, 0.15) is 72.4 Å². The minimum atomic E-state index is -0.798. The van der Waals surface area contributed by atoms with Crippen LogP contribution in [-0.2, 0) is 11.2 Å². The number of ether oxygens (including phenoxy) is 1. The molecule has 1 aliphatic rings. The zero-order chi connectivity index (χ0) is 53.7. The highest BCUT2D eigenvalue weighted by Gasteiger charge is 2.34. The number of carbonyl (C=O) groups excluding carboxylic acids is 1. The maximum Gasteiger partial charge on any atom is 0.334 e. The van der Waals surface area contributed by atoms with Crippen LogP contribution in [0, 0.1) is 39.4 Å². The van der Waals surface area contributed by atoms with E-state index in [1.54, 1.807) is 54.2 Å². The summed E-state index contributed by atoms with van der Waals surface area (Å²) in [5.41, 5.74) is 9.72. The molecule has 0 aliphatic carbocycles. The number of carbonyl (C=O) groups is 1. The van der Waals surface area contributed by atoms with Gasteiger partial charge in [0.05, 0.1) is 72.7 Å². The highest BCUT2D eigenvalue weighted by molar-refractivity contribution is 7.22. The van der Waals surface area contributed by atoms with E-state index in [1.165, 1.54) is 22.7 Å². The molecule has 6 heterocycles. The summed E-state index contributed by atoms with van der Waals surface area (Å²) in [6.07, 6.45) is 8.69. The lowest BCUT2D eigenvalue weighted by Gasteiger charge is -2.31. The third kappa shape index (κ3) is 13.0. The largest absolute Gasteiger partial charge is 0.425 e. The Balaban J connectivity index is 0.000000261. The van der Waals surface area contributed by atoms with Crippen LogP contribution in [0.2, 0.25) is 0 Å². The summed E-state index contributed by atoms with van der Waals surface area (Å²) in [5, 5.41) is 41.1. The normalized spacial score (nSPS) is 14.3. The SMILES string of the molecule is CC(C)(C)C(Nc1nccc(C(C#N)c2nc3ccccc3s2)n1)C(=O)Oc1ccc(CCNC2=NC=CC(CC#N)N2c2nc3ccccc3s2)cc1.N#CC(c1ccnc(NCCCN)n1)c1nc2ccccc2s1. The van der Waals surface area contributed by atoms with E-state index < -0.39 is 29.3 Å². The van der Waals surface area contributed by atoms with E-state index in [0.717, 1.165) is 52.8 Å². The molecule has 5 aromatic heterocycles. The molecule has 0 bridgehead atoms. The standard InChI is InChI=1S/C40H36N10O2S2.C16H16N6S/c1-40(2,3)34(49-37-43-23-19-29(47-37)28(24-42)35-46-30-8-4-6-10-32(30)53-35)36(51)52-27-14-12-25(13-15-27)17-21-44-38-45-22-18-26(16-20-41)50(38)39-48-31-9-5-7-11-33(31)54-39;17-7-3-8-19-16-20-9-6-12(22-16)11(10-18)15-21-13-4-1-2-5-14(13)23-15/h4-15,18-19,22-23,26,28,34H,16-17,21H2,1-3H3,(H,44,45)(H,43,47,49);1-2,4-6,9,11H,3,7-8,17H2,(H,19,20,22). The molecule has 77 heavy (non-hydrogen) atoms. The van der Waals surface area contributed by atoms with Crippen LogP contribution in [0.15, 0.2) is 139 Å². The van der Waals surface area contributed by atoms with Gasteiger partial charge in [-0.3, -0.25) is 4.90 Å². The molecule has 0 fully saturated rings. The number of hydrogen-bond acceptors (Lipinski definition) is 21. The number of hydrogen-bond donors (Lipinski definition) is 4. The number of nitrogens with one attached hydrogen (secondary N) is 3. The van der Waals surface area contributed by atoms with Gasteiger partial charge in [0.1, 0.15) is 33.6 Å². The molecule has 4 unspecified atom stereocenters. The van der Waals surface area contributed by atoms with Crippen molar-refractivity contribution in [2.75, 3.05) is 35.2 Å². The number of nitriles is 3. The minimum Gasteiger partial charge on any atom is -0.425 e. The van der Waals surface area contributed by atoms with Gasteiger partial charge in [-0.1, -0.05) is 80.6 Å². The van der Waals surface area contributed by atoms with E-state index in [9.17, 15) is 20.6 Å². The number of thiazole rings is 3. The van der Waals surface area contributed by atoms with E-state index >= 15 is 0 Å². The Labute approximate surface area is 456 Å². The second-order valence-corrected chi connectivity index (χ2v) is 21.7. The fourth-order valence-electron chi connectivity index (χ4n) is 8.12. The number of nitrogens with zero attached hydrogens (tertiary/aromatic N) is 12. The van der Waals surface area contributed by atoms with Gasteiger partial charge in [0.15, 0.2) is 5.13 Å². The number of guanidine groups is 1. The molecule has 0 amide bonds. The summed E-state index contributed by atoms with van der Waals surface area (Å²) in [6.45, 7) is 7.68. The topological polar surface area (TPSA) is 266 Å². The van der Waals surface area contributed by atoms with Crippen LogP contribution < -0.4 is 31.3 Å². The number of benzene rings is 4. The van der Waals surface area contributed by atoms with Crippen molar-refractivity contribution in [2.45, 2.75) is 64.0 Å². The molecule has 0 saturated carbocycles. The van der Waals surface area contributed by atoms with Gasteiger partial charge in [0.25, 0.3) is 0 Å². The van der Waals surface area contributed by atoms with Gasteiger partial charge >= 0.3 is 5.97 Å². The average Bonchev–Trinajstić information content (AvgIpc) is 4.19. The predicted octanol–water partition coefficient (Wildman–Crippen LogP) is 10.1. The molecular formula is C56H52N16O2S3. The lowest BCUT2D eigenvalue weighted by molar-refractivity contribution is -0.137. The first-order chi connectivity index (χ1) is 37.5. The van der Waals surface area contributed by atoms with Gasteiger partial charge in [0, 0.05) is 31.7 Å². The zero-order valence-electron chi connectivity index (χ0n) is 42.2. The first-order valence-electron chi connectivity index (χ1n) is 24.7. The van der Waals surface area contributed by atoms with Crippen LogP contribution in [-0.4, -0.2) is 78.5 Å². The maximum atomic E-state index is 13.6. The maximum absolute atomic E-state index is 13.6. The number of nitrogens with two attached hydrogens (primary N) is 1. The molecule has 4 atom stereocenters. The monoisotopic (exact) mass is 1080 g/mol. The van der Waals surface area contributed by atoms with E-state index in [2.05, 4.69) is 69.1 Å². The van der Waals surface area contributed by atoms with Gasteiger partial charge in [-0.25, -0.2) is 44.7 Å². The first-order valence-corrected chi connectivity index (χ1v) is 27.1. The van der Waals surface area contributed by atoms with Crippen LogP contribution in [0.25, 0.3) is 30.6 Å². The Hall–Kier alpha value is -8.78. The smallest absolute Gasteiger partial charge is 0.334 e. The Kier molecular flexibility index (Phi) is 17.0. The van der Waals surface area contributed by atoms with Gasteiger partial charge in [-0.05, 0) is 97.1 Å². The third-order valence-corrected chi connectivity index (χ3v) is 15.3. The molecular weight excluding hydrogens is 1020 g/mol. The number of fused-ring (bicyclic) bond motifs is 3. The Morgan fingerprint density at radius 1 is 0.714 bits per heavy atom. The molecule has 4 aromatic carbocycles. The molecule has 5 N–H and O–H groups in total. The average molecular weight is 1080 g/mol. The van der Waals surface area contributed by atoms with Gasteiger partial charge in [0.2, 0.25) is 17.9 Å². The zero-order valence-corrected chi connectivity index (χ0v) is 44.7. The summed E-state index contributed by atoms with van der Waals surface area (Å²) in [5.74, 6) is 0.0998. The molecule has 0 saturated heterocycles. The summed E-state index contributed by atoms with van der Waals surface area (Å²) < 4.78 is 8.98. The number of rotatable bonds is 17. The van der Waals surface area contributed by atoms with Crippen molar-refractivity contribution in [1.29, 1.82) is 15.8 Å². The van der Waals surface area contributed by atoms with Crippen molar-refractivity contribution in [3.05, 3.63) is 161 Å². The van der Waals surface area contributed by atoms with Crippen molar-refractivity contribution in [3.8, 4) is 24.0 Å². The molecule has 21 heteroatoms. The van der Waals surface area contributed by atoms with Crippen LogP contribution in [0.5, 0.6) is 5.75 Å². The van der Waals surface area contributed by atoms with Crippen molar-refractivity contribution in [2.24, 2.45) is 16.1 Å². The van der Waals surface area contributed by atoms with E-state index in [4.69, 9.17) is 15.5 Å². The summed E-state index contributed by atoms with van der Waals surface area (Å²) >= 11 is 4.54. The van der Waals surface area contributed by atoms with Crippen LogP contribution in [0.4, 0.5) is 17.0 Å². The van der Waals surface area contributed by atoms with Gasteiger partial charge in [-0.15, -0.1) is 22.7 Å². The Morgan fingerprint density at radius 2 is 1.29 bits per heavy atom. The summed E-state index contributed by atoms with van der Waals surface area (Å²) in [7, 11) is 0. The van der Waals surface area contributed by atoms with E-state index in [-0.39, 0.29) is 12.0 Å².